The van der Waals surface area contributed by atoms with Gasteiger partial charge in [-0.1, -0.05) is 6.07 Å². The number of rotatable bonds is 2. The standard InChI is InChI=1S/C13H18ClNO/c1-10-7-13(4-3-12(10)8-14)15-5-6-16-11(2)9-15/h3-4,7,11H,5-6,8-9H2,1-2H3. The molecule has 0 aliphatic carbocycles. The van der Waals surface area contributed by atoms with Crippen LogP contribution in [-0.2, 0) is 10.6 Å². The largest absolute Gasteiger partial charge is 0.375 e. The highest BCUT2D eigenvalue weighted by Gasteiger charge is 2.17. The number of halogens is 1. The van der Waals surface area contributed by atoms with Crippen molar-refractivity contribution in [3.63, 3.8) is 0 Å². The van der Waals surface area contributed by atoms with Gasteiger partial charge in [0.25, 0.3) is 0 Å². The maximum atomic E-state index is 5.86. The molecule has 1 fully saturated rings. The molecule has 1 unspecified atom stereocenters. The molecule has 1 aliphatic rings. The van der Waals surface area contributed by atoms with Crippen LogP contribution < -0.4 is 4.90 Å². The third-order valence-corrected chi connectivity index (χ3v) is 3.36. The number of anilines is 1. The van der Waals surface area contributed by atoms with Crippen LogP contribution in [0.2, 0.25) is 0 Å². The minimum atomic E-state index is 0.321. The molecule has 88 valence electrons. The van der Waals surface area contributed by atoms with Crippen molar-refractivity contribution >= 4 is 17.3 Å². The van der Waals surface area contributed by atoms with Gasteiger partial charge in [-0.2, -0.15) is 0 Å². The summed E-state index contributed by atoms with van der Waals surface area (Å²) in [6.07, 6.45) is 0.321. The van der Waals surface area contributed by atoms with Crippen molar-refractivity contribution in [2.45, 2.75) is 25.8 Å². The van der Waals surface area contributed by atoms with Gasteiger partial charge in [-0.3, -0.25) is 0 Å². The molecule has 0 bridgehead atoms. The lowest BCUT2D eigenvalue weighted by Crippen LogP contribution is -2.41. The second-order valence-electron chi connectivity index (χ2n) is 4.37. The fraction of sp³-hybridized carbons (Fsp3) is 0.538. The molecule has 1 atom stereocenters. The van der Waals surface area contributed by atoms with E-state index < -0.39 is 0 Å². The maximum absolute atomic E-state index is 5.86. The van der Waals surface area contributed by atoms with Crippen LogP contribution in [-0.4, -0.2) is 25.8 Å². The van der Waals surface area contributed by atoms with Crippen molar-refractivity contribution in [1.29, 1.82) is 0 Å². The molecule has 0 aromatic heterocycles. The van der Waals surface area contributed by atoms with Gasteiger partial charge in [0.05, 0.1) is 12.7 Å². The average molecular weight is 240 g/mol. The van der Waals surface area contributed by atoms with Crippen molar-refractivity contribution in [3.8, 4) is 0 Å². The normalized spacial score (nSPS) is 21.2. The first-order valence-corrected chi connectivity index (χ1v) is 6.26. The topological polar surface area (TPSA) is 12.5 Å². The van der Waals surface area contributed by atoms with E-state index in [1.807, 2.05) is 0 Å². The summed E-state index contributed by atoms with van der Waals surface area (Å²) in [5, 5.41) is 0. The Bertz CT molecular complexity index is 367. The number of alkyl halides is 1. The summed E-state index contributed by atoms with van der Waals surface area (Å²) in [7, 11) is 0. The minimum absolute atomic E-state index is 0.321. The molecule has 1 saturated heterocycles. The van der Waals surface area contributed by atoms with E-state index in [0.717, 1.165) is 19.7 Å². The number of hydrogen-bond acceptors (Lipinski definition) is 2. The first kappa shape index (κ1) is 11.7. The second kappa shape index (κ2) is 5.07. The fourth-order valence-corrected chi connectivity index (χ4v) is 2.38. The highest BCUT2D eigenvalue weighted by atomic mass is 35.5. The van der Waals surface area contributed by atoms with Crippen LogP contribution >= 0.6 is 11.6 Å². The summed E-state index contributed by atoms with van der Waals surface area (Å²) in [6, 6.07) is 6.50. The Labute approximate surface area is 102 Å². The Hall–Kier alpha value is -0.730. The third-order valence-electron chi connectivity index (χ3n) is 3.08. The predicted molar refractivity (Wildman–Crippen MR) is 68.4 cm³/mol. The Balaban J connectivity index is 2.17. The monoisotopic (exact) mass is 239 g/mol. The van der Waals surface area contributed by atoms with Crippen LogP contribution in [0.1, 0.15) is 18.1 Å². The molecule has 1 aliphatic heterocycles. The van der Waals surface area contributed by atoms with Crippen molar-refractivity contribution in [3.05, 3.63) is 29.3 Å². The van der Waals surface area contributed by atoms with Crippen molar-refractivity contribution in [1.82, 2.24) is 0 Å². The molecule has 2 rings (SSSR count). The van der Waals surface area contributed by atoms with E-state index in [9.17, 15) is 0 Å². The minimum Gasteiger partial charge on any atom is -0.375 e. The molecule has 0 spiro atoms. The van der Waals surface area contributed by atoms with Gasteiger partial charge in [-0.05, 0) is 37.1 Å². The highest BCUT2D eigenvalue weighted by molar-refractivity contribution is 6.17. The Morgan fingerprint density at radius 1 is 1.50 bits per heavy atom. The number of morpholine rings is 1. The van der Waals surface area contributed by atoms with E-state index in [2.05, 4.69) is 36.9 Å². The lowest BCUT2D eigenvalue weighted by Gasteiger charge is -2.33. The quantitative estimate of drug-likeness (QED) is 0.736. The Morgan fingerprint density at radius 3 is 2.94 bits per heavy atom. The number of hydrogen-bond donors (Lipinski definition) is 0. The molecular weight excluding hydrogens is 222 g/mol. The SMILES string of the molecule is Cc1cc(N2CCOC(C)C2)ccc1CCl. The summed E-state index contributed by atoms with van der Waals surface area (Å²) in [5.74, 6) is 0.589. The van der Waals surface area contributed by atoms with E-state index in [1.165, 1.54) is 16.8 Å². The summed E-state index contributed by atoms with van der Waals surface area (Å²) in [4.78, 5) is 2.37. The third kappa shape index (κ3) is 2.50. The zero-order chi connectivity index (χ0) is 11.5. The fourth-order valence-electron chi connectivity index (χ4n) is 2.08. The maximum Gasteiger partial charge on any atom is 0.0722 e. The van der Waals surface area contributed by atoms with Crippen LogP contribution in [0.3, 0.4) is 0 Å². The summed E-state index contributed by atoms with van der Waals surface area (Å²) in [6.45, 7) is 7.00. The zero-order valence-corrected chi connectivity index (χ0v) is 10.6. The van der Waals surface area contributed by atoms with E-state index in [1.54, 1.807) is 0 Å². The van der Waals surface area contributed by atoms with Gasteiger partial charge in [0.15, 0.2) is 0 Å². The number of benzene rings is 1. The zero-order valence-electron chi connectivity index (χ0n) is 9.87. The lowest BCUT2D eigenvalue weighted by molar-refractivity contribution is 0.0532. The van der Waals surface area contributed by atoms with Gasteiger partial charge < -0.3 is 9.64 Å². The Kier molecular flexibility index (Phi) is 3.72. The van der Waals surface area contributed by atoms with Crippen molar-refractivity contribution in [2.75, 3.05) is 24.6 Å². The molecule has 2 nitrogen and oxygen atoms in total. The molecule has 16 heavy (non-hydrogen) atoms. The van der Waals surface area contributed by atoms with E-state index in [-0.39, 0.29) is 0 Å². The van der Waals surface area contributed by atoms with Crippen molar-refractivity contribution < 1.29 is 4.74 Å². The molecule has 0 amide bonds. The molecule has 0 N–H and O–H groups in total. The molecule has 1 aromatic rings. The van der Waals surface area contributed by atoms with Gasteiger partial charge in [-0.15, -0.1) is 11.6 Å². The predicted octanol–water partition coefficient (Wildman–Crippen LogP) is 2.96. The highest BCUT2D eigenvalue weighted by Crippen LogP contribution is 2.22. The number of ether oxygens (including phenoxy) is 1. The number of aryl methyl sites for hydroxylation is 1. The van der Waals surface area contributed by atoms with Crippen LogP contribution in [0, 0.1) is 6.92 Å². The average Bonchev–Trinajstić information content (AvgIpc) is 2.29. The smallest absolute Gasteiger partial charge is 0.0722 e. The van der Waals surface area contributed by atoms with E-state index >= 15 is 0 Å². The summed E-state index contributed by atoms with van der Waals surface area (Å²) >= 11 is 5.86. The van der Waals surface area contributed by atoms with Gasteiger partial charge in [0, 0.05) is 24.7 Å². The van der Waals surface area contributed by atoms with E-state index in [0.29, 0.717) is 12.0 Å². The van der Waals surface area contributed by atoms with Crippen LogP contribution in [0.4, 0.5) is 5.69 Å². The van der Waals surface area contributed by atoms with Crippen LogP contribution in [0.25, 0.3) is 0 Å². The van der Waals surface area contributed by atoms with Gasteiger partial charge in [0.1, 0.15) is 0 Å². The summed E-state index contributed by atoms with van der Waals surface area (Å²) in [5.41, 5.74) is 3.76. The second-order valence-corrected chi connectivity index (χ2v) is 4.64. The molecular formula is C13H18ClNO. The molecule has 1 heterocycles. The molecule has 0 saturated carbocycles. The van der Waals surface area contributed by atoms with Crippen molar-refractivity contribution in [2.24, 2.45) is 0 Å². The molecule has 0 radical (unpaired) electrons. The first-order chi connectivity index (χ1) is 7.70. The molecule has 1 aromatic carbocycles. The van der Waals surface area contributed by atoms with Crippen LogP contribution in [0.15, 0.2) is 18.2 Å². The van der Waals surface area contributed by atoms with Gasteiger partial charge in [-0.25, -0.2) is 0 Å². The van der Waals surface area contributed by atoms with Crippen LogP contribution in [0.5, 0.6) is 0 Å². The van der Waals surface area contributed by atoms with Gasteiger partial charge in [0.2, 0.25) is 0 Å². The first-order valence-electron chi connectivity index (χ1n) is 5.72. The van der Waals surface area contributed by atoms with E-state index in [4.69, 9.17) is 16.3 Å². The lowest BCUT2D eigenvalue weighted by atomic mass is 10.1. The Morgan fingerprint density at radius 2 is 2.31 bits per heavy atom. The summed E-state index contributed by atoms with van der Waals surface area (Å²) < 4.78 is 5.54. The molecule has 3 heteroatoms. The number of nitrogens with zero attached hydrogens (tertiary/aromatic N) is 1. The van der Waals surface area contributed by atoms with Gasteiger partial charge >= 0.3 is 0 Å².